The summed E-state index contributed by atoms with van der Waals surface area (Å²) in [6, 6.07) is 6.84. The third-order valence-electron chi connectivity index (χ3n) is 3.18. The van der Waals surface area contributed by atoms with E-state index in [1.165, 1.54) is 0 Å². The Labute approximate surface area is 138 Å². The van der Waals surface area contributed by atoms with Gasteiger partial charge in [-0.3, -0.25) is 9.48 Å². The molecule has 1 unspecified atom stereocenters. The maximum atomic E-state index is 11.8. The molecule has 0 bridgehead atoms. The zero-order chi connectivity index (χ0) is 15.9. The van der Waals surface area contributed by atoms with Gasteiger partial charge >= 0.3 is 0 Å². The number of amides is 1. The quantitative estimate of drug-likeness (QED) is 0.813. The topological polar surface area (TPSA) is 67.2 Å². The number of hydrogen-bond donors (Lipinski definition) is 2. The lowest BCUT2D eigenvalue weighted by atomic mass is 10.1. The predicted molar refractivity (Wildman–Crippen MR) is 85.9 cm³/mol. The van der Waals surface area contributed by atoms with Crippen molar-refractivity contribution in [1.29, 1.82) is 0 Å². The van der Waals surface area contributed by atoms with Gasteiger partial charge in [0.2, 0.25) is 5.91 Å². The maximum absolute atomic E-state index is 11.8. The lowest BCUT2D eigenvalue weighted by molar-refractivity contribution is -0.121. The molecule has 22 heavy (non-hydrogen) atoms. The number of nitrogens with zero attached hydrogens (tertiary/aromatic N) is 2. The molecule has 1 heterocycles. The third kappa shape index (κ3) is 4.73. The number of halogens is 2. The van der Waals surface area contributed by atoms with E-state index in [0.29, 0.717) is 35.0 Å². The lowest BCUT2D eigenvalue weighted by Gasteiger charge is -2.15. The third-order valence-corrected chi connectivity index (χ3v) is 3.83. The van der Waals surface area contributed by atoms with E-state index in [-0.39, 0.29) is 12.5 Å². The highest BCUT2D eigenvalue weighted by molar-refractivity contribution is 6.36. The molecule has 1 atom stereocenters. The van der Waals surface area contributed by atoms with E-state index in [4.69, 9.17) is 23.2 Å². The van der Waals surface area contributed by atoms with Crippen LogP contribution in [0.3, 0.4) is 0 Å². The predicted octanol–water partition coefficient (Wildman–Crippen LogP) is 2.82. The van der Waals surface area contributed by atoms with Gasteiger partial charge in [0, 0.05) is 47.5 Å². The first-order chi connectivity index (χ1) is 10.6. The zero-order valence-corrected chi connectivity index (χ0v) is 13.4. The minimum atomic E-state index is -0.934. The Morgan fingerprint density at radius 3 is 2.68 bits per heavy atom. The highest BCUT2D eigenvalue weighted by atomic mass is 35.5. The molecule has 0 fully saturated rings. The van der Waals surface area contributed by atoms with Crippen LogP contribution in [0.1, 0.15) is 24.5 Å². The summed E-state index contributed by atoms with van der Waals surface area (Å²) in [6.45, 7) is 0.753. The first-order valence-corrected chi connectivity index (χ1v) is 7.69. The molecule has 2 aromatic rings. The number of hydrogen-bond acceptors (Lipinski definition) is 3. The van der Waals surface area contributed by atoms with Crippen LogP contribution in [-0.2, 0) is 11.3 Å². The molecule has 2 rings (SSSR count). The standard InChI is InChI=1S/C15H17Cl2N3O2/c16-11-4-1-5-12(17)15(11)13(21)10-18-14(22)6-2-8-20-9-3-7-19-20/h1,3-5,7,9,13,21H,2,6,8,10H2,(H,18,22). The molecule has 7 heteroatoms. The largest absolute Gasteiger partial charge is 0.386 e. The summed E-state index contributed by atoms with van der Waals surface area (Å²) < 4.78 is 1.77. The van der Waals surface area contributed by atoms with Crippen molar-refractivity contribution >= 4 is 29.1 Å². The smallest absolute Gasteiger partial charge is 0.220 e. The van der Waals surface area contributed by atoms with Gasteiger partial charge in [-0.05, 0) is 24.6 Å². The zero-order valence-electron chi connectivity index (χ0n) is 11.9. The fourth-order valence-electron chi connectivity index (χ4n) is 2.06. The summed E-state index contributed by atoms with van der Waals surface area (Å²) in [6.07, 6.45) is 3.65. The first kappa shape index (κ1) is 16.8. The number of carbonyl (C=O) groups is 1. The van der Waals surface area contributed by atoms with E-state index in [9.17, 15) is 9.90 Å². The van der Waals surface area contributed by atoms with Crippen LogP contribution in [0.25, 0.3) is 0 Å². The molecule has 1 amide bonds. The number of aryl methyl sites for hydroxylation is 1. The molecular weight excluding hydrogens is 325 g/mol. The van der Waals surface area contributed by atoms with E-state index in [1.807, 2.05) is 12.3 Å². The van der Waals surface area contributed by atoms with Gasteiger partial charge in [0.25, 0.3) is 0 Å². The summed E-state index contributed by atoms with van der Waals surface area (Å²) in [7, 11) is 0. The second-order valence-electron chi connectivity index (χ2n) is 4.83. The van der Waals surface area contributed by atoms with E-state index >= 15 is 0 Å². The Hall–Kier alpha value is -1.56. The average Bonchev–Trinajstić information content (AvgIpc) is 2.98. The highest BCUT2D eigenvalue weighted by Gasteiger charge is 2.16. The molecule has 0 spiro atoms. The molecule has 0 saturated carbocycles. The van der Waals surface area contributed by atoms with Gasteiger partial charge in [-0.15, -0.1) is 0 Å². The lowest BCUT2D eigenvalue weighted by Crippen LogP contribution is -2.28. The van der Waals surface area contributed by atoms with Gasteiger partial charge in [-0.2, -0.15) is 5.10 Å². The van der Waals surface area contributed by atoms with Crippen LogP contribution in [0.15, 0.2) is 36.7 Å². The van der Waals surface area contributed by atoms with Gasteiger partial charge in [0.1, 0.15) is 0 Å². The van der Waals surface area contributed by atoms with Crippen molar-refractivity contribution in [2.75, 3.05) is 6.54 Å². The van der Waals surface area contributed by atoms with Gasteiger partial charge in [0.15, 0.2) is 0 Å². The van der Waals surface area contributed by atoms with Gasteiger partial charge in [0.05, 0.1) is 6.10 Å². The van der Waals surface area contributed by atoms with Crippen LogP contribution in [0.2, 0.25) is 10.0 Å². The Balaban J connectivity index is 1.76. The summed E-state index contributed by atoms with van der Waals surface area (Å²) in [5.41, 5.74) is 0.433. The summed E-state index contributed by atoms with van der Waals surface area (Å²) >= 11 is 12.0. The number of aliphatic hydroxyl groups is 1. The van der Waals surface area contributed by atoms with Crippen molar-refractivity contribution in [3.63, 3.8) is 0 Å². The molecule has 1 aromatic heterocycles. The number of carbonyl (C=O) groups excluding carboxylic acids is 1. The van der Waals surface area contributed by atoms with Crippen molar-refractivity contribution in [2.45, 2.75) is 25.5 Å². The van der Waals surface area contributed by atoms with Crippen LogP contribution in [0, 0.1) is 0 Å². The van der Waals surface area contributed by atoms with Crippen LogP contribution in [-0.4, -0.2) is 27.3 Å². The highest BCUT2D eigenvalue weighted by Crippen LogP contribution is 2.29. The van der Waals surface area contributed by atoms with E-state index < -0.39 is 6.10 Å². The minimum Gasteiger partial charge on any atom is -0.386 e. The van der Waals surface area contributed by atoms with Crippen LogP contribution >= 0.6 is 23.2 Å². The Kier molecular flexibility index (Phi) is 6.24. The Morgan fingerprint density at radius 1 is 1.32 bits per heavy atom. The molecular formula is C15H17Cl2N3O2. The Bertz CT molecular complexity index is 597. The summed E-state index contributed by atoms with van der Waals surface area (Å²) in [5, 5.41) is 17.6. The molecule has 0 aliphatic carbocycles. The average molecular weight is 342 g/mol. The number of aromatic nitrogens is 2. The van der Waals surface area contributed by atoms with Crippen molar-refractivity contribution in [2.24, 2.45) is 0 Å². The maximum Gasteiger partial charge on any atom is 0.220 e. The van der Waals surface area contributed by atoms with E-state index in [2.05, 4.69) is 10.4 Å². The molecule has 0 aliphatic rings. The molecule has 0 saturated heterocycles. The SMILES string of the molecule is O=C(CCCn1cccn1)NCC(O)c1c(Cl)cccc1Cl. The van der Waals surface area contributed by atoms with Crippen molar-refractivity contribution < 1.29 is 9.90 Å². The van der Waals surface area contributed by atoms with Crippen molar-refractivity contribution in [3.8, 4) is 0 Å². The van der Waals surface area contributed by atoms with Gasteiger partial charge in [-0.1, -0.05) is 29.3 Å². The number of aliphatic hydroxyl groups excluding tert-OH is 1. The molecule has 1 aromatic carbocycles. The second-order valence-corrected chi connectivity index (χ2v) is 5.64. The van der Waals surface area contributed by atoms with Gasteiger partial charge in [-0.25, -0.2) is 0 Å². The minimum absolute atomic E-state index is 0.0735. The molecule has 0 aliphatic heterocycles. The number of benzene rings is 1. The molecule has 2 N–H and O–H groups in total. The van der Waals surface area contributed by atoms with Crippen molar-refractivity contribution in [3.05, 3.63) is 52.3 Å². The molecule has 0 radical (unpaired) electrons. The van der Waals surface area contributed by atoms with E-state index in [1.54, 1.807) is 29.1 Å². The summed E-state index contributed by atoms with van der Waals surface area (Å²) in [4.78, 5) is 11.8. The van der Waals surface area contributed by atoms with Gasteiger partial charge < -0.3 is 10.4 Å². The molecule has 5 nitrogen and oxygen atoms in total. The first-order valence-electron chi connectivity index (χ1n) is 6.94. The van der Waals surface area contributed by atoms with Crippen LogP contribution in [0.4, 0.5) is 0 Å². The second kappa shape index (κ2) is 8.17. The fourth-order valence-corrected chi connectivity index (χ4v) is 2.71. The van der Waals surface area contributed by atoms with E-state index in [0.717, 1.165) is 0 Å². The van der Waals surface area contributed by atoms with Crippen LogP contribution < -0.4 is 5.32 Å². The normalized spacial score (nSPS) is 12.1. The fraction of sp³-hybridized carbons (Fsp3) is 0.333. The van der Waals surface area contributed by atoms with Crippen molar-refractivity contribution in [1.82, 2.24) is 15.1 Å². The summed E-state index contributed by atoms with van der Waals surface area (Å²) in [5.74, 6) is -0.130. The monoisotopic (exact) mass is 341 g/mol. The molecule has 118 valence electrons. The van der Waals surface area contributed by atoms with Crippen LogP contribution in [0.5, 0.6) is 0 Å². The number of nitrogens with one attached hydrogen (secondary N) is 1. The Morgan fingerprint density at radius 2 is 2.05 bits per heavy atom. The number of rotatable bonds is 7.